The standard InChI is InChI=1S/C11H17N3O/c1-4-8(2)14(3)11(15)9-6-5-7-10(12)13-9/h5-8H,4H2,1-3H3,(H2,12,13). The molecule has 2 N–H and O–H groups in total. The summed E-state index contributed by atoms with van der Waals surface area (Å²) in [7, 11) is 1.78. The van der Waals surface area contributed by atoms with Gasteiger partial charge in [-0.1, -0.05) is 13.0 Å². The minimum Gasteiger partial charge on any atom is -0.384 e. The highest BCUT2D eigenvalue weighted by Gasteiger charge is 2.17. The Labute approximate surface area is 90.1 Å². The molecule has 0 saturated heterocycles. The number of nitrogen functional groups attached to an aromatic ring is 1. The van der Waals surface area contributed by atoms with Gasteiger partial charge in [0.1, 0.15) is 11.5 Å². The van der Waals surface area contributed by atoms with E-state index in [9.17, 15) is 4.79 Å². The van der Waals surface area contributed by atoms with Crippen LogP contribution in [0, 0.1) is 0 Å². The fourth-order valence-corrected chi connectivity index (χ4v) is 1.23. The van der Waals surface area contributed by atoms with E-state index in [4.69, 9.17) is 5.73 Å². The maximum absolute atomic E-state index is 11.9. The van der Waals surface area contributed by atoms with E-state index >= 15 is 0 Å². The third kappa shape index (κ3) is 2.68. The lowest BCUT2D eigenvalue weighted by molar-refractivity contribution is 0.0735. The van der Waals surface area contributed by atoms with Gasteiger partial charge in [0.05, 0.1) is 0 Å². The van der Waals surface area contributed by atoms with Crippen molar-refractivity contribution >= 4 is 11.7 Å². The summed E-state index contributed by atoms with van der Waals surface area (Å²) in [5.74, 6) is 0.287. The van der Waals surface area contributed by atoms with Gasteiger partial charge in [-0.15, -0.1) is 0 Å². The molecule has 4 nitrogen and oxygen atoms in total. The molecule has 0 aliphatic heterocycles. The van der Waals surface area contributed by atoms with E-state index in [0.29, 0.717) is 11.5 Å². The van der Waals surface area contributed by atoms with Gasteiger partial charge in [-0.3, -0.25) is 4.79 Å². The lowest BCUT2D eigenvalue weighted by Gasteiger charge is -2.23. The van der Waals surface area contributed by atoms with E-state index in [1.165, 1.54) is 0 Å². The molecule has 0 fully saturated rings. The Kier molecular flexibility index (Phi) is 3.66. The number of pyridine rings is 1. The van der Waals surface area contributed by atoms with Crippen LogP contribution in [0.5, 0.6) is 0 Å². The average Bonchev–Trinajstić information content (AvgIpc) is 2.26. The normalized spacial score (nSPS) is 12.2. The number of amides is 1. The van der Waals surface area contributed by atoms with E-state index in [1.807, 2.05) is 13.8 Å². The molecule has 0 bridgehead atoms. The molecule has 0 aromatic carbocycles. The zero-order chi connectivity index (χ0) is 11.4. The third-order valence-corrected chi connectivity index (χ3v) is 2.56. The van der Waals surface area contributed by atoms with Crippen LogP contribution in [0.15, 0.2) is 18.2 Å². The minimum atomic E-state index is -0.0864. The predicted octanol–water partition coefficient (Wildman–Crippen LogP) is 1.53. The number of nitrogens with two attached hydrogens (primary N) is 1. The zero-order valence-corrected chi connectivity index (χ0v) is 9.40. The molecule has 0 aliphatic carbocycles. The van der Waals surface area contributed by atoms with Crippen molar-refractivity contribution in [1.29, 1.82) is 0 Å². The van der Waals surface area contributed by atoms with Gasteiger partial charge in [-0.2, -0.15) is 0 Å². The van der Waals surface area contributed by atoms with Gasteiger partial charge in [-0.25, -0.2) is 4.98 Å². The Bertz CT molecular complexity index is 351. The minimum absolute atomic E-state index is 0.0864. The van der Waals surface area contributed by atoms with Gasteiger partial charge in [0.25, 0.3) is 5.91 Å². The lowest BCUT2D eigenvalue weighted by atomic mass is 10.2. The number of rotatable bonds is 3. The fourth-order valence-electron chi connectivity index (χ4n) is 1.23. The summed E-state index contributed by atoms with van der Waals surface area (Å²) in [6.45, 7) is 4.05. The van der Waals surface area contributed by atoms with Crippen LogP contribution >= 0.6 is 0 Å². The number of carbonyl (C=O) groups excluding carboxylic acids is 1. The van der Waals surface area contributed by atoms with Crippen LogP contribution in [0.25, 0.3) is 0 Å². The van der Waals surface area contributed by atoms with Crippen molar-refractivity contribution in [3.8, 4) is 0 Å². The van der Waals surface area contributed by atoms with Gasteiger partial charge in [-0.05, 0) is 25.5 Å². The van der Waals surface area contributed by atoms with Crippen LogP contribution in [0.4, 0.5) is 5.82 Å². The Morgan fingerprint density at radius 2 is 2.27 bits per heavy atom. The van der Waals surface area contributed by atoms with Gasteiger partial charge in [0.2, 0.25) is 0 Å². The van der Waals surface area contributed by atoms with Crippen LogP contribution in [-0.4, -0.2) is 28.9 Å². The van der Waals surface area contributed by atoms with Crippen molar-refractivity contribution in [2.45, 2.75) is 26.3 Å². The van der Waals surface area contributed by atoms with E-state index in [-0.39, 0.29) is 11.9 Å². The highest BCUT2D eigenvalue weighted by Crippen LogP contribution is 2.08. The number of nitrogens with zero attached hydrogens (tertiary/aromatic N) is 2. The fraction of sp³-hybridized carbons (Fsp3) is 0.455. The van der Waals surface area contributed by atoms with Crippen LogP contribution in [-0.2, 0) is 0 Å². The zero-order valence-electron chi connectivity index (χ0n) is 9.40. The Morgan fingerprint density at radius 3 is 2.80 bits per heavy atom. The number of anilines is 1. The Hall–Kier alpha value is -1.58. The van der Waals surface area contributed by atoms with E-state index < -0.39 is 0 Å². The van der Waals surface area contributed by atoms with Gasteiger partial charge in [0.15, 0.2) is 0 Å². The molecule has 1 unspecified atom stereocenters. The predicted molar refractivity (Wildman–Crippen MR) is 60.5 cm³/mol. The second-order valence-corrected chi connectivity index (χ2v) is 3.62. The van der Waals surface area contributed by atoms with Gasteiger partial charge < -0.3 is 10.6 Å². The molecule has 1 rings (SSSR count). The summed E-state index contributed by atoms with van der Waals surface area (Å²) in [4.78, 5) is 17.6. The van der Waals surface area contributed by atoms with Crippen molar-refractivity contribution in [2.24, 2.45) is 0 Å². The monoisotopic (exact) mass is 207 g/mol. The molecule has 1 amide bonds. The molecule has 1 atom stereocenters. The van der Waals surface area contributed by atoms with Crippen LogP contribution in [0.2, 0.25) is 0 Å². The Morgan fingerprint density at radius 1 is 1.60 bits per heavy atom. The maximum atomic E-state index is 11.9. The number of aromatic nitrogens is 1. The number of hydrogen-bond acceptors (Lipinski definition) is 3. The summed E-state index contributed by atoms with van der Waals surface area (Å²) in [6, 6.07) is 5.29. The number of carbonyl (C=O) groups is 1. The van der Waals surface area contributed by atoms with Gasteiger partial charge in [0, 0.05) is 13.1 Å². The molecule has 82 valence electrons. The molecule has 0 aliphatic rings. The number of hydrogen-bond donors (Lipinski definition) is 1. The Balaban J connectivity index is 2.85. The first-order chi connectivity index (χ1) is 7.06. The first kappa shape index (κ1) is 11.5. The van der Waals surface area contributed by atoms with Crippen molar-refractivity contribution in [2.75, 3.05) is 12.8 Å². The second-order valence-electron chi connectivity index (χ2n) is 3.62. The summed E-state index contributed by atoms with van der Waals surface area (Å²) in [6.07, 6.45) is 0.921. The molecule has 1 aromatic heterocycles. The van der Waals surface area contributed by atoms with E-state index in [0.717, 1.165) is 6.42 Å². The second kappa shape index (κ2) is 4.77. The van der Waals surface area contributed by atoms with E-state index in [2.05, 4.69) is 4.98 Å². The largest absolute Gasteiger partial charge is 0.384 e. The van der Waals surface area contributed by atoms with Crippen LogP contribution in [0.1, 0.15) is 30.8 Å². The summed E-state index contributed by atoms with van der Waals surface area (Å²) in [5, 5.41) is 0. The first-order valence-electron chi connectivity index (χ1n) is 5.06. The first-order valence-corrected chi connectivity index (χ1v) is 5.06. The van der Waals surface area contributed by atoms with Crippen molar-refractivity contribution < 1.29 is 4.79 Å². The lowest BCUT2D eigenvalue weighted by Crippen LogP contribution is -2.35. The average molecular weight is 207 g/mol. The van der Waals surface area contributed by atoms with E-state index in [1.54, 1.807) is 30.1 Å². The topological polar surface area (TPSA) is 59.2 Å². The van der Waals surface area contributed by atoms with Crippen molar-refractivity contribution in [3.05, 3.63) is 23.9 Å². The highest BCUT2D eigenvalue weighted by molar-refractivity contribution is 5.92. The molecule has 1 heterocycles. The molecule has 0 saturated carbocycles. The summed E-state index contributed by atoms with van der Waals surface area (Å²) >= 11 is 0. The highest BCUT2D eigenvalue weighted by atomic mass is 16.2. The van der Waals surface area contributed by atoms with Gasteiger partial charge >= 0.3 is 0 Å². The maximum Gasteiger partial charge on any atom is 0.272 e. The summed E-state index contributed by atoms with van der Waals surface area (Å²) in [5.41, 5.74) is 5.92. The molecule has 0 spiro atoms. The van der Waals surface area contributed by atoms with Crippen molar-refractivity contribution in [1.82, 2.24) is 9.88 Å². The molecule has 1 aromatic rings. The molecule has 4 heteroatoms. The SMILES string of the molecule is CCC(C)N(C)C(=O)c1cccc(N)n1. The molecule has 0 radical (unpaired) electrons. The van der Waals surface area contributed by atoms with Crippen molar-refractivity contribution in [3.63, 3.8) is 0 Å². The molecule has 15 heavy (non-hydrogen) atoms. The third-order valence-electron chi connectivity index (χ3n) is 2.56. The van der Waals surface area contributed by atoms with Crippen LogP contribution in [0.3, 0.4) is 0 Å². The summed E-state index contributed by atoms with van der Waals surface area (Å²) < 4.78 is 0. The smallest absolute Gasteiger partial charge is 0.272 e. The van der Waals surface area contributed by atoms with Crippen LogP contribution < -0.4 is 5.73 Å². The molecular formula is C11H17N3O. The molecular weight excluding hydrogens is 190 g/mol. The quantitative estimate of drug-likeness (QED) is 0.817.